The molecule has 6 heteroatoms. The fourth-order valence-electron chi connectivity index (χ4n) is 3.61. The minimum Gasteiger partial charge on any atom is -0.497 e. The van der Waals surface area contributed by atoms with E-state index in [9.17, 15) is 9.59 Å². The number of rotatable bonds is 6. The maximum absolute atomic E-state index is 12.9. The molecule has 1 heterocycles. The van der Waals surface area contributed by atoms with E-state index in [1.54, 1.807) is 19.1 Å². The van der Waals surface area contributed by atoms with Gasteiger partial charge >= 0.3 is 5.97 Å². The lowest BCUT2D eigenvalue weighted by Crippen LogP contribution is -2.38. The van der Waals surface area contributed by atoms with E-state index < -0.39 is 5.97 Å². The van der Waals surface area contributed by atoms with E-state index in [1.807, 2.05) is 36.4 Å². The van der Waals surface area contributed by atoms with Gasteiger partial charge in [-0.1, -0.05) is 24.3 Å². The van der Waals surface area contributed by atoms with Crippen molar-refractivity contribution in [2.75, 3.05) is 20.8 Å². The fraction of sp³-hybridized carbons (Fsp3) is 0.400. The Balaban J connectivity index is 1.84. The first-order valence-corrected chi connectivity index (χ1v) is 8.61. The molecule has 1 saturated heterocycles. The zero-order valence-electron chi connectivity index (χ0n) is 15.0. The number of ether oxygens (including phenoxy) is 2. The first-order valence-electron chi connectivity index (χ1n) is 8.61. The van der Waals surface area contributed by atoms with E-state index in [0.29, 0.717) is 13.0 Å². The van der Waals surface area contributed by atoms with Crippen molar-refractivity contribution in [2.24, 2.45) is 0 Å². The number of likely N-dealkylation sites (tertiary alicyclic amines) is 1. The van der Waals surface area contributed by atoms with E-state index in [0.717, 1.165) is 22.1 Å². The zero-order chi connectivity index (χ0) is 18.7. The predicted octanol–water partition coefficient (Wildman–Crippen LogP) is 2.48. The molecule has 6 nitrogen and oxygen atoms in total. The van der Waals surface area contributed by atoms with Crippen molar-refractivity contribution in [3.63, 3.8) is 0 Å². The molecule has 2 aromatic rings. The van der Waals surface area contributed by atoms with Gasteiger partial charge in [0.25, 0.3) is 0 Å². The number of carbonyl (C=O) groups is 2. The number of methoxy groups -OCH3 is 2. The molecule has 0 radical (unpaired) electrons. The lowest BCUT2D eigenvalue weighted by atomic mass is 10.0. The first-order chi connectivity index (χ1) is 12.5. The van der Waals surface area contributed by atoms with Gasteiger partial charge in [-0.25, -0.2) is 0 Å². The molecule has 2 aromatic carbocycles. The summed E-state index contributed by atoms with van der Waals surface area (Å²) in [5.41, 5.74) is 0.904. The first kappa shape index (κ1) is 18.2. The van der Waals surface area contributed by atoms with Crippen molar-refractivity contribution in [3.8, 4) is 5.75 Å². The van der Waals surface area contributed by atoms with Crippen LogP contribution in [0.5, 0.6) is 5.75 Å². The Bertz CT molecular complexity index is 819. The lowest BCUT2D eigenvalue weighted by molar-refractivity contribution is -0.139. The van der Waals surface area contributed by atoms with E-state index in [2.05, 4.69) is 0 Å². The van der Waals surface area contributed by atoms with Gasteiger partial charge in [-0.05, 0) is 34.9 Å². The third-order valence-electron chi connectivity index (χ3n) is 4.96. The van der Waals surface area contributed by atoms with Crippen molar-refractivity contribution in [3.05, 3.63) is 42.0 Å². The van der Waals surface area contributed by atoms with Crippen molar-refractivity contribution in [2.45, 2.75) is 31.4 Å². The molecule has 1 aliphatic rings. The number of benzene rings is 2. The molecular formula is C20H23NO5. The monoisotopic (exact) mass is 357 g/mol. The number of hydrogen-bond donors (Lipinski definition) is 1. The van der Waals surface area contributed by atoms with Gasteiger partial charge in [-0.15, -0.1) is 0 Å². The summed E-state index contributed by atoms with van der Waals surface area (Å²) in [5, 5.41) is 11.1. The molecule has 138 valence electrons. The highest BCUT2D eigenvalue weighted by molar-refractivity contribution is 5.91. The van der Waals surface area contributed by atoms with E-state index in [4.69, 9.17) is 14.6 Å². The molecule has 1 N–H and O–H groups in total. The van der Waals surface area contributed by atoms with Crippen molar-refractivity contribution in [1.82, 2.24) is 4.90 Å². The SMILES string of the molecule is COc1ccc2cccc(CC(=O)N3CC(OC)CC3CC(=O)O)c2c1. The average molecular weight is 357 g/mol. The number of amides is 1. The van der Waals surface area contributed by atoms with Crippen LogP contribution in [0.15, 0.2) is 36.4 Å². The maximum atomic E-state index is 12.9. The van der Waals surface area contributed by atoms with E-state index in [-0.39, 0.29) is 30.9 Å². The van der Waals surface area contributed by atoms with Gasteiger partial charge in [0, 0.05) is 19.7 Å². The second kappa shape index (κ2) is 7.74. The summed E-state index contributed by atoms with van der Waals surface area (Å²) in [5.74, 6) is -0.243. The summed E-state index contributed by atoms with van der Waals surface area (Å²) in [6.07, 6.45) is 0.597. The van der Waals surface area contributed by atoms with Crippen LogP contribution in [0, 0.1) is 0 Å². The van der Waals surface area contributed by atoms with Crippen LogP contribution in [-0.2, 0) is 20.7 Å². The third kappa shape index (κ3) is 3.80. The molecular weight excluding hydrogens is 334 g/mol. The van der Waals surface area contributed by atoms with Crippen LogP contribution < -0.4 is 4.74 Å². The molecule has 0 aliphatic carbocycles. The number of aliphatic carboxylic acids is 1. The van der Waals surface area contributed by atoms with Gasteiger partial charge in [0.15, 0.2) is 0 Å². The Hall–Kier alpha value is -2.60. The van der Waals surface area contributed by atoms with E-state index >= 15 is 0 Å². The highest BCUT2D eigenvalue weighted by Gasteiger charge is 2.36. The van der Waals surface area contributed by atoms with Gasteiger partial charge < -0.3 is 19.5 Å². The van der Waals surface area contributed by atoms with Gasteiger partial charge in [-0.3, -0.25) is 9.59 Å². The molecule has 0 aromatic heterocycles. The fourth-order valence-corrected chi connectivity index (χ4v) is 3.61. The predicted molar refractivity (Wildman–Crippen MR) is 97.4 cm³/mol. The van der Waals surface area contributed by atoms with Crippen molar-refractivity contribution >= 4 is 22.6 Å². The van der Waals surface area contributed by atoms with Crippen LogP contribution in [0.3, 0.4) is 0 Å². The standard InChI is InChI=1S/C20H23NO5/c1-25-16-7-6-13-4-3-5-14(18(13)11-16)8-19(22)21-12-17(26-2)9-15(21)10-20(23)24/h3-7,11,15,17H,8-10,12H2,1-2H3,(H,23,24). The summed E-state index contributed by atoms with van der Waals surface area (Å²) in [6.45, 7) is 0.432. The summed E-state index contributed by atoms with van der Waals surface area (Å²) in [7, 11) is 3.20. The van der Waals surface area contributed by atoms with E-state index in [1.165, 1.54) is 0 Å². The number of carbonyl (C=O) groups excluding carboxylic acids is 1. The van der Waals surface area contributed by atoms with Crippen molar-refractivity contribution < 1.29 is 24.2 Å². The van der Waals surface area contributed by atoms with Crippen LogP contribution in [0.2, 0.25) is 0 Å². The normalized spacial score (nSPS) is 19.7. The third-order valence-corrected chi connectivity index (χ3v) is 4.96. The Labute approximate surface area is 152 Å². The smallest absolute Gasteiger partial charge is 0.305 e. The van der Waals surface area contributed by atoms with Gasteiger partial charge in [0.2, 0.25) is 5.91 Å². The van der Waals surface area contributed by atoms with Gasteiger partial charge in [-0.2, -0.15) is 0 Å². The van der Waals surface area contributed by atoms with Crippen molar-refractivity contribution in [1.29, 1.82) is 0 Å². The molecule has 1 aliphatic heterocycles. The second-order valence-electron chi connectivity index (χ2n) is 6.57. The van der Waals surface area contributed by atoms with Crippen LogP contribution >= 0.6 is 0 Å². The average Bonchev–Trinajstić information content (AvgIpc) is 3.04. The topological polar surface area (TPSA) is 76.1 Å². The molecule has 1 fully saturated rings. The summed E-state index contributed by atoms with van der Waals surface area (Å²) in [4.78, 5) is 25.7. The summed E-state index contributed by atoms with van der Waals surface area (Å²) in [6, 6.07) is 11.3. The van der Waals surface area contributed by atoms with Crippen LogP contribution in [-0.4, -0.2) is 54.8 Å². The zero-order valence-corrected chi connectivity index (χ0v) is 15.0. The summed E-state index contributed by atoms with van der Waals surface area (Å²) >= 11 is 0. The highest BCUT2D eigenvalue weighted by atomic mass is 16.5. The maximum Gasteiger partial charge on any atom is 0.305 e. The molecule has 1 amide bonds. The van der Waals surface area contributed by atoms with Crippen LogP contribution in [0.25, 0.3) is 10.8 Å². The molecule has 2 unspecified atom stereocenters. The Morgan fingerprint density at radius 2 is 2.04 bits per heavy atom. The number of carboxylic acids is 1. The lowest BCUT2D eigenvalue weighted by Gasteiger charge is -2.23. The minimum absolute atomic E-state index is 0.0606. The molecule has 26 heavy (non-hydrogen) atoms. The van der Waals surface area contributed by atoms with Crippen LogP contribution in [0.4, 0.5) is 0 Å². The quantitative estimate of drug-likeness (QED) is 0.860. The summed E-state index contributed by atoms with van der Waals surface area (Å²) < 4.78 is 10.6. The minimum atomic E-state index is -0.903. The number of nitrogens with zero attached hydrogens (tertiary/aromatic N) is 1. The molecule has 0 spiro atoms. The molecule has 0 bridgehead atoms. The number of hydrogen-bond acceptors (Lipinski definition) is 4. The largest absolute Gasteiger partial charge is 0.497 e. The molecule has 0 saturated carbocycles. The van der Waals surface area contributed by atoms with Gasteiger partial charge in [0.05, 0.1) is 26.1 Å². The molecule has 3 rings (SSSR count). The Morgan fingerprint density at radius 3 is 2.73 bits per heavy atom. The van der Waals surface area contributed by atoms with Gasteiger partial charge in [0.1, 0.15) is 5.75 Å². The Kier molecular flexibility index (Phi) is 5.42. The van der Waals surface area contributed by atoms with Crippen LogP contribution in [0.1, 0.15) is 18.4 Å². The highest BCUT2D eigenvalue weighted by Crippen LogP contribution is 2.27. The number of carboxylic acid groups (broad SMARTS) is 1. The molecule has 2 atom stereocenters. The second-order valence-corrected chi connectivity index (χ2v) is 6.57. The Morgan fingerprint density at radius 1 is 1.23 bits per heavy atom. The number of fused-ring (bicyclic) bond motifs is 1.